The van der Waals surface area contributed by atoms with Crippen LogP contribution in [0.15, 0.2) is 0 Å². The molecule has 122 valence electrons. The number of hydrogen-bond acceptors (Lipinski definition) is 3. The first-order chi connectivity index (χ1) is 9.92. The summed E-state index contributed by atoms with van der Waals surface area (Å²) in [4.78, 5) is 11.6. The molecule has 4 nitrogen and oxygen atoms in total. The van der Waals surface area contributed by atoms with Gasteiger partial charge in [0.05, 0.1) is 0 Å². The van der Waals surface area contributed by atoms with Crippen LogP contribution in [-0.4, -0.2) is 30.3 Å². The summed E-state index contributed by atoms with van der Waals surface area (Å²) in [6.45, 7) is 6.80. The number of alkyl carbamates (subject to hydrolysis) is 1. The van der Waals surface area contributed by atoms with Crippen molar-refractivity contribution in [1.29, 1.82) is 0 Å². The highest BCUT2D eigenvalue weighted by atomic mass is 16.6. The van der Waals surface area contributed by atoms with Gasteiger partial charge >= 0.3 is 6.09 Å². The zero-order chi connectivity index (χ0) is 15.3. The van der Waals surface area contributed by atoms with Crippen LogP contribution >= 0.6 is 0 Å². The number of nitrogens with one attached hydrogen (secondary N) is 2. The molecule has 21 heavy (non-hydrogen) atoms. The molecule has 0 saturated heterocycles. The summed E-state index contributed by atoms with van der Waals surface area (Å²) in [7, 11) is 0. The van der Waals surface area contributed by atoms with E-state index >= 15 is 0 Å². The minimum Gasteiger partial charge on any atom is -0.444 e. The van der Waals surface area contributed by atoms with E-state index in [0.717, 1.165) is 25.3 Å². The van der Waals surface area contributed by atoms with Crippen LogP contribution in [0, 0.1) is 5.92 Å². The minimum atomic E-state index is -0.411. The summed E-state index contributed by atoms with van der Waals surface area (Å²) >= 11 is 0. The van der Waals surface area contributed by atoms with E-state index in [1.807, 2.05) is 20.8 Å². The van der Waals surface area contributed by atoms with Gasteiger partial charge in [-0.3, -0.25) is 0 Å². The van der Waals surface area contributed by atoms with Crippen molar-refractivity contribution in [2.45, 2.75) is 89.8 Å². The highest BCUT2D eigenvalue weighted by molar-refractivity contribution is 5.68. The van der Waals surface area contributed by atoms with Crippen molar-refractivity contribution in [3.8, 4) is 0 Å². The van der Waals surface area contributed by atoms with Gasteiger partial charge < -0.3 is 15.4 Å². The Morgan fingerprint density at radius 3 is 2.43 bits per heavy atom. The van der Waals surface area contributed by atoms with Crippen LogP contribution in [0.2, 0.25) is 0 Å². The molecule has 2 saturated carbocycles. The van der Waals surface area contributed by atoms with E-state index in [2.05, 4.69) is 10.6 Å². The van der Waals surface area contributed by atoms with Gasteiger partial charge in [0.2, 0.25) is 0 Å². The molecule has 0 spiro atoms. The average Bonchev–Trinajstić information content (AvgIpc) is 2.81. The summed E-state index contributed by atoms with van der Waals surface area (Å²) in [5.41, 5.74) is -0.411. The largest absolute Gasteiger partial charge is 0.444 e. The monoisotopic (exact) mass is 296 g/mol. The second-order valence-electron chi connectivity index (χ2n) is 7.76. The number of carbonyl (C=O) groups excluding carboxylic acids is 1. The van der Waals surface area contributed by atoms with Crippen molar-refractivity contribution in [1.82, 2.24) is 10.6 Å². The first-order valence-electron chi connectivity index (χ1n) is 8.65. The van der Waals surface area contributed by atoms with Gasteiger partial charge in [0.1, 0.15) is 5.60 Å². The lowest BCUT2D eigenvalue weighted by atomic mass is 9.86. The number of carbonyl (C=O) groups is 1. The molecule has 2 aliphatic carbocycles. The van der Waals surface area contributed by atoms with E-state index in [1.54, 1.807) is 0 Å². The van der Waals surface area contributed by atoms with E-state index in [4.69, 9.17) is 4.74 Å². The first kappa shape index (κ1) is 16.6. The lowest BCUT2D eigenvalue weighted by Gasteiger charge is -2.36. The van der Waals surface area contributed by atoms with Crippen LogP contribution in [0.3, 0.4) is 0 Å². The quantitative estimate of drug-likeness (QED) is 0.736. The van der Waals surface area contributed by atoms with E-state index < -0.39 is 5.60 Å². The fraction of sp³-hybridized carbons (Fsp3) is 0.941. The van der Waals surface area contributed by atoms with Gasteiger partial charge in [-0.1, -0.05) is 25.7 Å². The lowest BCUT2D eigenvalue weighted by molar-refractivity contribution is 0.0465. The molecule has 0 aromatic heterocycles. The van der Waals surface area contributed by atoms with Crippen LogP contribution in [0.25, 0.3) is 0 Å². The summed E-state index contributed by atoms with van der Waals surface area (Å²) in [5, 5.41) is 6.54. The standard InChI is InChI=1S/C17H32N2O2/c1-17(2,3)21-16(20)19-15-11-14(12-15)18-10-6-9-13-7-4-5-8-13/h13-15,18H,4-12H2,1-3H3,(H,19,20). The molecule has 2 fully saturated rings. The molecular formula is C17H32N2O2. The van der Waals surface area contributed by atoms with E-state index in [-0.39, 0.29) is 12.1 Å². The molecule has 1 amide bonds. The van der Waals surface area contributed by atoms with Crippen molar-refractivity contribution in [2.24, 2.45) is 5.92 Å². The Morgan fingerprint density at radius 2 is 1.81 bits per heavy atom. The Bertz CT molecular complexity index is 326. The summed E-state index contributed by atoms with van der Waals surface area (Å²) in [6.07, 6.45) is 10.2. The van der Waals surface area contributed by atoms with Crippen molar-refractivity contribution in [3.05, 3.63) is 0 Å². The van der Waals surface area contributed by atoms with Gasteiger partial charge in [0.25, 0.3) is 0 Å². The molecule has 0 bridgehead atoms. The molecule has 0 unspecified atom stereocenters. The molecule has 2 rings (SSSR count). The molecule has 4 heteroatoms. The van der Waals surface area contributed by atoms with Crippen LogP contribution in [0.5, 0.6) is 0 Å². The number of amides is 1. The molecule has 2 N–H and O–H groups in total. The maximum absolute atomic E-state index is 11.6. The third-order valence-electron chi connectivity index (χ3n) is 4.56. The normalized spacial score (nSPS) is 26.4. The van der Waals surface area contributed by atoms with Gasteiger partial charge in [-0.25, -0.2) is 4.79 Å². The van der Waals surface area contributed by atoms with Gasteiger partial charge in [0, 0.05) is 12.1 Å². The SMILES string of the molecule is CC(C)(C)OC(=O)NC1CC(NCCCC2CCCC2)C1. The summed E-state index contributed by atoms with van der Waals surface area (Å²) in [5.74, 6) is 0.995. The maximum atomic E-state index is 11.6. The third-order valence-corrected chi connectivity index (χ3v) is 4.56. The second-order valence-corrected chi connectivity index (χ2v) is 7.76. The molecule has 0 aromatic carbocycles. The maximum Gasteiger partial charge on any atom is 0.407 e. The highest BCUT2D eigenvalue weighted by Gasteiger charge is 2.31. The van der Waals surface area contributed by atoms with Gasteiger partial charge in [0.15, 0.2) is 0 Å². The fourth-order valence-corrected chi connectivity index (χ4v) is 3.37. The molecule has 0 radical (unpaired) electrons. The van der Waals surface area contributed by atoms with Gasteiger partial charge in [-0.15, -0.1) is 0 Å². The molecule has 0 atom stereocenters. The molecule has 0 aromatic rings. The van der Waals surface area contributed by atoms with Crippen LogP contribution in [0.4, 0.5) is 4.79 Å². The van der Waals surface area contributed by atoms with Crippen LogP contribution in [0.1, 0.15) is 72.1 Å². The second kappa shape index (κ2) is 7.48. The number of rotatable bonds is 6. The Hall–Kier alpha value is -0.770. The number of hydrogen-bond donors (Lipinski definition) is 2. The molecule has 0 heterocycles. The van der Waals surface area contributed by atoms with E-state index in [9.17, 15) is 4.79 Å². The topological polar surface area (TPSA) is 50.4 Å². The fourth-order valence-electron chi connectivity index (χ4n) is 3.37. The van der Waals surface area contributed by atoms with Crippen molar-refractivity contribution in [2.75, 3.05) is 6.54 Å². The Kier molecular flexibility index (Phi) is 5.91. The Labute approximate surface area is 129 Å². The van der Waals surface area contributed by atoms with Gasteiger partial charge in [-0.2, -0.15) is 0 Å². The summed E-state index contributed by atoms with van der Waals surface area (Å²) in [6, 6.07) is 0.862. The lowest BCUT2D eigenvalue weighted by Crippen LogP contribution is -2.53. The summed E-state index contributed by atoms with van der Waals surface area (Å²) < 4.78 is 5.26. The molecule has 2 aliphatic rings. The van der Waals surface area contributed by atoms with Crippen LogP contribution in [-0.2, 0) is 4.74 Å². The van der Waals surface area contributed by atoms with Crippen molar-refractivity contribution < 1.29 is 9.53 Å². The first-order valence-corrected chi connectivity index (χ1v) is 8.65. The molecular weight excluding hydrogens is 264 g/mol. The Balaban J connectivity index is 1.46. The minimum absolute atomic E-state index is 0.284. The van der Waals surface area contributed by atoms with Crippen molar-refractivity contribution in [3.63, 3.8) is 0 Å². The Morgan fingerprint density at radius 1 is 1.14 bits per heavy atom. The predicted molar refractivity (Wildman–Crippen MR) is 85.4 cm³/mol. The smallest absolute Gasteiger partial charge is 0.407 e. The predicted octanol–water partition coefficient (Wildman–Crippen LogP) is 3.60. The van der Waals surface area contributed by atoms with E-state index in [1.165, 1.54) is 38.5 Å². The van der Waals surface area contributed by atoms with Crippen molar-refractivity contribution >= 4 is 6.09 Å². The van der Waals surface area contributed by atoms with E-state index in [0.29, 0.717) is 6.04 Å². The average molecular weight is 296 g/mol. The zero-order valence-corrected chi connectivity index (χ0v) is 13.9. The van der Waals surface area contributed by atoms with Crippen LogP contribution < -0.4 is 10.6 Å². The molecule has 0 aliphatic heterocycles. The van der Waals surface area contributed by atoms with Gasteiger partial charge in [-0.05, 0) is 58.9 Å². The highest BCUT2D eigenvalue weighted by Crippen LogP contribution is 2.28. The third kappa shape index (κ3) is 6.25. The number of ether oxygens (including phenoxy) is 1. The zero-order valence-electron chi connectivity index (χ0n) is 13.9.